The molecular formula is C17H12F2N2O. The predicted molar refractivity (Wildman–Crippen MR) is 75.9 cm³/mol. The number of fused-ring (bicyclic) bond motifs is 1. The second-order valence-electron chi connectivity index (χ2n) is 5.14. The first-order valence-corrected chi connectivity index (χ1v) is 6.84. The average molecular weight is 298 g/mol. The molecule has 0 saturated carbocycles. The first-order chi connectivity index (χ1) is 10.6. The number of carbonyl (C=O) groups is 1. The van der Waals surface area contributed by atoms with Crippen molar-refractivity contribution in [3.8, 4) is 6.07 Å². The van der Waals surface area contributed by atoms with E-state index in [1.54, 1.807) is 12.1 Å². The van der Waals surface area contributed by atoms with E-state index in [1.807, 2.05) is 0 Å². The molecule has 0 spiro atoms. The lowest BCUT2D eigenvalue weighted by molar-refractivity contribution is 0.0759. The quantitative estimate of drug-likeness (QED) is 0.873. The molecule has 0 aliphatic carbocycles. The van der Waals surface area contributed by atoms with Crippen molar-refractivity contribution in [2.45, 2.75) is 12.5 Å². The van der Waals surface area contributed by atoms with E-state index in [1.165, 1.54) is 35.2 Å². The first kappa shape index (κ1) is 14.2. The van der Waals surface area contributed by atoms with E-state index in [2.05, 4.69) is 6.07 Å². The molecule has 0 saturated heterocycles. The van der Waals surface area contributed by atoms with E-state index in [9.17, 15) is 18.8 Å². The molecule has 1 aliphatic rings. The van der Waals surface area contributed by atoms with Gasteiger partial charge in [0.25, 0.3) is 5.91 Å². The van der Waals surface area contributed by atoms with Gasteiger partial charge in [0.15, 0.2) is 0 Å². The number of amides is 1. The molecule has 2 aromatic carbocycles. The van der Waals surface area contributed by atoms with Crippen LogP contribution in [-0.2, 0) is 6.42 Å². The zero-order valence-corrected chi connectivity index (χ0v) is 11.6. The number of rotatable bonds is 3. The molecule has 1 amide bonds. The topological polar surface area (TPSA) is 44.1 Å². The maximum Gasteiger partial charge on any atom is 0.255 e. The highest BCUT2D eigenvalue weighted by atomic mass is 19.1. The molecule has 110 valence electrons. The van der Waals surface area contributed by atoms with Crippen molar-refractivity contribution in [2.75, 3.05) is 6.54 Å². The van der Waals surface area contributed by atoms with Crippen LogP contribution in [0.1, 0.15) is 27.5 Å². The Labute approximate surface area is 126 Å². The second-order valence-corrected chi connectivity index (χ2v) is 5.14. The van der Waals surface area contributed by atoms with Crippen LogP contribution in [0.2, 0.25) is 0 Å². The summed E-state index contributed by atoms with van der Waals surface area (Å²) < 4.78 is 26.2. The molecule has 3 rings (SSSR count). The third kappa shape index (κ3) is 2.44. The van der Waals surface area contributed by atoms with Crippen molar-refractivity contribution in [3.05, 3.63) is 70.8 Å². The molecule has 1 heterocycles. The highest BCUT2D eigenvalue weighted by Crippen LogP contribution is 2.33. The van der Waals surface area contributed by atoms with Gasteiger partial charge in [-0.25, -0.2) is 8.78 Å². The van der Waals surface area contributed by atoms with Crippen LogP contribution in [0.4, 0.5) is 8.78 Å². The maximum absolute atomic E-state index is 13.3. The molecule has 1 atom stereocenters. The minimum Gasteiger partial charge on any atom is -0.318 e. The fraction of sp³-hybridized carbons (Fsp3) is 0.176. The third-order valence-corrected chi connectivity index (χ3v) is 3.79. The highest BCUT2D eigenvalue weighted by molar-refractivity contribution is 5.99. The zero-order chi connectivity index (χ0) is 15.7. The van der Waals surface area contributed by atoms with Gasteiger partial charge < -0.3 is 4.90 Å². The van der Waals surface area contributed by atoms with E-state index >= 15 is 0 Å². The van der Waals surface area contributed by atoms with Crippen molar-refractivity contribution in [1.29, 1.82) is 5.26 Å². The largest absolute Gasteiger partial charge is 0.318 e. The van der Waals surface area contributed by atoms with Gasteiger partial charge in [-0.3, -0.25) is 4.79 Å². The minimum absolute atomic E-state index is 0.274. The Kier molecular flexibility index (Phi) is 3.60. The van der Waals surface area contributed by atoms with Gasteiger partial charge in [-0.2, -0.15) is 5.26 Å². The van der Waals surface area contributed by atoms with Crippen molar-refractivity contribution in [3.63, 3.8) is 0 Å². The summed E-state index contributed by atoms with van der Waals surface area (Å²) in [5, 5.41) is 9.31. The number of hydrogen-bond acceptors (Lipinski definition) is 2. The van der Waals surface area contributed by atoms with E-state index in [0.717, 1.165) is 5.56 Å². The Bertz CT molecular complexity index is 765. The van der Waals surface area contributed by atoms with Crippen molar-refractivity contribution in [1.82, 2.24) is 4.90 Å². The Morgan fingerprint density at radius 2 is 1.77 bits per heavy atom. The lowest BCUT2D eigenvalue weighted by Gasteiger charge is -2.20. The number of halogens is 2. The number of nitrogens with zero attached hydrogens (tertiary/aromatic N) is 2. The lowest BCUT2D eigenvalue weighted by atomic mass is 10.1. The van der Waals surface area contributed by atoms with Gasteiger partial charge in [-0.05, 0) is 42.3 Å². The number of carbonyl (C=O) groups excluding carboxylic acids is 1. The molecular weight excluding hydrogens is 286 g/mol. The molecule has 0 fully saturated rings. The van der Waals surface area contributed by atoms with Gasteiger partial charge >= 0.3 is 0 Å². The number of nitriles is 1. The lowest BCUT2D eigenvalue weighted by Crippen LogP contribution is -2.29. The Hall–Kier alpha value is -2.74. The van der Waals surface area contributed by atoms with Crippen molar-refractivity contribution >= 4 is 5.91 Å². The normalized spacial score (nSPS) is 16.5. The van der Waals surface area contributed by atoms with Crippen LogP contribution in [0.5, 0.6) is 0 Å². The fourth-order valence-electron chi connectivity index (χ4n) is 2.66. The molecule has 0 radical (unpaired) electrons. The average Bonchev–Trinajstić information content (AvgIpc) is 2.78. The predicted octanol–water partition coefficient (Wildman–Crippen LogP) is 3.23. The Morgan fingerprint density at radius 3 is 2.45 bits per heavy atom. The molecule has 0 N–H and O–H groups in total. The van der Waals surface area contributed by atoms with Crippen molar-refractivity contribution < 1.29 is 13.6 Å². The van der Waals surface area contributed by atoms with Crippen LogP contribution in [0.25, 0.3) is 0 Å². The van der Waals surface area contributed by atoms with Crippen LogP contribution < -0.4 is 0 Å². The van der Waals surface area contributed by atoms with E-state index in [-0.39, 0.29) is 11.7 Å². The van der Waals surface area contributed by atoms with E-state index < -0.39 is 11.9 Å². The van der Waals surface area contributed by atoms with Crippen LogP contribution in [-0.4, -0.2) is 17.4 Å². The molecule has 3 nitrogen and oxygen atoms in total. The number of benzene rings is 2. The molecule has 2 aromatic rings. The summed E-state index contributed by atoms with van der Waals surface area (Å²) in [6.07, 6.45) is 0.501. The van der Waals surface area contributed by atoms with E-state index in [0.29, 0.717) is 24.1 Å². The fourth-order valence-corrected chi connectivity index (χ4v) is 2.66. The summed E-state index contributed by atoms with van der Waals surface area (Å²) in [7, 11) is 0. The molecule has 0 aromatic heterocycles. The molecule has 1 unspecified atom stereocenters. The van der Waals surface area contributed by atoms with Crippen LogP contribution in [0.3, 0.4) is 0 Å². The summed E-state index contributed by atoms with van der Waals surface area (Å²) in [5.41, 5.74) is 1.65. The first-order valence-electron chi connectivity index (χ1n) is 6.84. The van der Waals surface area contributed by atoms with Gasteiger partial charge in [-0.15, -0.1) is 0 Å². The summed E-state index contributed by atoms with van der Waals surface area (Å²) in [6.45, 7) is 0.318. The van der Waals surface area contributed by atoms with Gasteiger partial charge in [-0.1, -0.05) is 12.1 Å². The van der Waals surface area contributed by atoms with Crippen LogP contribution >= 0.6 is 0 Å². The standard InChI is InChI=1S/C17H12F2N2O/c18-12-3-1-11(2-4-12)7-8-21-16(10-20)15-9-13(19)5-6-14(15)17(21)22/h1-6,9,16H,7-8H2. The monoisotopic (exact) mass is 298 g/mol. The minimum atomic E-state index is -0.779. The summed E-state index contributed by atoms with van der Waals surface area (Å²) in [5.74, 6) is -1.06. The SMILES string of the molecule is N#CC1c2cc(F)ccc2C(=O)N1CCc1ccc(F)cc1. The third-order valence-electron chi connectivity index (χ3n) is 3.79. The Morgan fingerprint density at radius 1 is 1.09 bits per heavy atom. The summed E-state index contributed by atoms with van der Waals surface area (Å²) in [6, 6.07) is 11.1. The second kappa shape index (κ2) is 5.57. The maximum atomic E-state index is 13.3. The van der Waals surface area contributed by atoms with Gasteiger partial charge in [0.05, 0.1) is 6.07 Å². The van der Waals surface area contributed by atoms with Gasteiger partial charge in [0.1, 0.15) is 17.7 Å². The zero-order valence-electron chi connectivity index (χ0n) is 11.6. The van der Waals surface area contributed by atoms with Crippen LogP contribution in [0, 0.1) is 23.0 Å². The summed E-state index contributed by atoms with van der Waals surface area (Å²) in [4.78, 5) is 13.8. The van der Waals surface area contributed by atoms with Gasteiger partial charge in [0, 0.05) is 17.7 Å². The van der Waals surface area contributed by atoms with E-state index in [4.69, 9.17) is 0 Å². The Balaban J connectivity index is 1.81. The molecule has 0 bridgehead atoms. The van der Waals surface area contributed by atoms with Gasteiger partial charge in [0.2, 0.25) is 0 Å². The summed E-state index contributed by atoms with van der Waals surface area (Å²) >= 11 is 0. The number of hydrogen-bond donors (Lipinski definition) is 0. The van der Waals surface area contributed by atoms with Crippen molar-refractivity contribution in [2.24, 2.45) is 0 Å². The molecule has 1 aliphatic heterocycles. The molecule has 22 heavy (non-hydrogen) atoms. The molecule has 5 heteroatoms. The van der Waals surface area contributed by atoms with Crippen LogP contribution in [0.15, 0.2) is 42.5 Å². The smallest absolute Gasteiger partial charge is 0.255 e. The highest BCUT2D eigenvalue weighted by Gasteiger charge is 2.36.